The van der Waals surface area contributed by atoms with E-state index >= 15 is 0 Å². The van der Waals surface area contributed by atoms with Crippen molar-refractivity contribution in [1.82, 2.24) is 0 Å². The van der Waals surface area contributed by atoms with E-state index in [1.54, 1.807) is 0 Å². The van der Waals surface area contributed by atoms with Crippen LogP contribution in [0, 0.1) is 0 Å². The van der Waals surface area contributed by atoms with E-state index < -0.39 is 11.7 Å². The lowest BCUT2D eigenvalue weighted by molar-refractivity contribution is -0.0690. The highest BCUT2D eigenvalue weighted by molar-refractivity contribution is 9.10. The van der Waals surface area contributed by atoms with Crippen LogP contribution >= 0.6 is 39.1 Å². The molecule has 3 aromatic carbocycles. The number of alkyl halides is 3. The molecule has 0 amide bonds. The van der Waals surface area contributed by atoms with E-state index in [4.69, 9.17) is 23.2 Å². The molecule has 0 aromatic heterocycles. The number of rotatable bonds is 3. The second-order valence-electron chi connectivity index (χ2n) is 5.73. The molecule has 134 valence electrons. The third kappa shape index (κ3) is 4.25. The van der Waals surface area contributed by atoms with Gasteiger partial charge in [-0.15, -0.1) is 0 Å². The zero-order valence-electron chi connectivity index (χ0n) is 13.2. The summed E-state index contributed by atoms with van der Waals surface area (Å²) >= 11 is 15.2. The van der Waals surface area contributed by atoms with Gasteiger partial charge >= 0.3 is 6.18 Å². The number of fused-ring (bicyclic) bond motifs is 1. The summed E-state index contributed by atoms with van der Waals surface area (Å²) in [4.78, 5) is 0. The maximum Gasteiger partial charge on any atom is 0.416 e. The van der Waals surface area contributed by atoms with E-state index in [0.29, 0.717) is 0 Å². The lowest BCUT2D eigenvalue weighted by Crippen LogP contribution is -2.11. The summed E-state index contributed by atoms with van der Waals surface area (Å²) in [6.07, 6.45) is -3.20. The third-order valence-corrected chi connectivity index (χ3v) is 5.09. The van der Waals surface area contributed by atoms with Gasteiger partial charge in [-0.05, 0) is 52.6 Å². The molecule has 0 fully saturated rings. The third-order valence-electron chi connectivity index (χ3n) is 3.97. The molecule has 0 unspecified atom stereocenters. The molecule has 0 saturated carbocycles. The Morgan fingerprint density at radius 3 is 2.15 bits per heavy atom. The zero-order chi connectivity index (χ0) is 18.9. The number of hydrogen-bond acceptors (Lipinski definition) is 0. The molecule has 0 saturated heterocycles. The SMILES string of the molecule is FC(F)(F)C(=CCc1ccc(Br)c2ccccc12)c1cc(Cl)cc(Cl)c1. The fourth-order valence-electron chi connectivity index (χ4n) is 2.82. The molecular weight excluding hydrogens is 448 g/mol. The summed E-state index contributed by atoms with van der Waals surface area (Å²) in [5, 5.41) is 2.19. The van der Waals surface area contributed by atoms with Crippen molar-refractivity contribution in [3.05, 3.63) is 86.3 Å². The topological polar surface area (TPSA) is 0 Å². The van der Waals surface area contributed by atoms with Gasteiger partial charge in [-0.1, -0.05) is 75.5 Å². The molecule has 0 aliphatic rings. The number of allylic oxidation sites excluding steroid dienone is 2. The maximum atomic E-state index is 13.6. The van der Waals surface area contributed by atoms with Crippen molar-refractivity contribution in [3.63, 3.8) is 0 Å². The van der Waals surface area contributed by atoms with Crippen molar-refractivity contribution in [2.45, 2.75) is 12.6 Å². The Morgan fingerprint density at radius 1 is 0.923 bits per heavy atom. The standard InChI is InChI=1S/C20H12BrCl2F3/c21-19-8-6-12(16-3-1-2-4-17(16)19)5-7-18(20(24,25)26)13-9-14(22)11-15(23)10-13/h1-4,6-11H,5H2. The molecule has 0 nitrogen and oxygen atoms in total. The Hall–Kier alpha value is -1.49. The van der Waals surface area contributed by atoms with Crippen LogP contribution in [0.15, 0.2) is 65.1 Å². The van der Waals surface area contributed by atoms with Gasteiger partial charge < -0.3 is 0 Å². The zero-order valence-corrected chi connectivity index (χ0v) is 16.3. The number of halogens is 6. The normalized spacial score (nSPS) is 12.6. The van der Waals surface area contributed by atoms with Crippen LogP contribution in [0.1, 0.15) is 11.1 Å². The first-order valence-corrected chi connectivity index (χ1v) is 9.20. The minimum Gasteiger partial charge on any atom is -0.166 e. The van der Waals surface area contributed by atoms with Crippen LogP contribution in [0.4, 0.5) is 13.2 Å². The van der Waals surface area contributed by atoms with Crippen molar-refractivity contribution in [2.75, 3.05) is 0 Å². The first kappa shape index (κ1) is 19.3. The minimum absolute atomic E-state index is 0.0450. The molecule has 0 aliphatic heterocycles. The van der Waals surface area contributed by atoms with Crippen molar-refractivity contribution >= 4 is 55.5 Å². The molecule has 0 aliphatic carbocycles. The summed E-state index contributed by atoms with van der Waals surface area (Å²) in [5.74, 6) is 0. The average molecular weight is 460 g/mol. The quantitative estimate of drug-likeness (QED) is 0.371. The van der Waals surface area contributed by atoms with Gasteiger partial charge in [-0.3, -0.25) is 0 Å². The van der Waals surface area contributed by atoms with Crippen LogP contribution in [-0.2, 0) is 6.42 Å². The van der Waals surface area contributed by atoms with Crippen molar-refractivity contribution in [2.24, 2.45) is 0 Å². The Kier molecular flexibility index (Phi) is 5.66. The number of hydrogen-bond donors (Lipinski definition) is 0. The number of benzene rings is 3. The minimum atomic E-state index is -4.51. The van der Waals surface area contributed by atoms with E-state index in [-0.39, 0.29) is 22.0 Å². The fourth-order valence-corrected chi connectivity index (χ4v) is 3.83. The Balaban J connectivity index is 2.07. The predicted molar refractivity (Wildman–Crippen MR) is 106 cm³/mol. The van der Waals surface area contributed by atoms with Gasteiger partial charge in [0.2, 0.25) is 0 Å². The molecule has 3 aromatic rings. The largest absolute Gasteiger partial charge is 0.416 e. The molecule has 0 spiro atoms. The molecule has 0 heterocycles. The van der Waals surface area contributed by atoms with Crippen LogP contribution in [-0.4, -0.2) is 6.18 Å². The van der Waals surface area contributed by atoms with Gasteiger partial charge in [-0.25, -0.2) is 0 Å². The van der Waals surface area contributed by atoms with E-state index in [1.807, 2.05) is 36.4 Å². The maximum absolute atomic E-state index is 13.6. The second-order valence-corrected chi connectivity index (χ2v) is 7.46. The summed E-state index contributed by atoms with van der Waals surface area (Å²) in [6, 6.07) is 15.2. The second kappa shape index (κ2) is 7.63. The van der Waals surface area contributed by atoms with Crippen LogP contribution in [0.25, 0.3) is 16.3 Å². The monoisotopic (exact) mass is 458 g/mol. The average Bonchev–Trinajstić information content (AvgIpc) is 2.55. The predicted octanol–water partition coefficient (Wildman–Crippen LogP) is 8.10. The summed E-state index contributed by atoms with van der Waals surface area (Å²) in [5.41, 5.74) is 0.00370. The Labute approximate surface area is 167 Å². The highest BCUT2D eigenvalue weighted by atomic mass is 79.9. The molecule has 26 heavy (non-hydrogen) atoms. The Bertz CT molecular complexity index is 974. The van der Waals surface area contributed by atoms with Crippen LogP contribution in [0.5, 0.6) is 0 Å². The molecule has 0 radical (unpaired) electrons. The van der Waals surface area contributed by atoms with Gasteiger partial charge in [0.05, 0.1) is 5.57 Å². The van der Waals surface area contributed by atoms with E-state index in [1.165, 1.54) is 24.3 Å². The summed E-state index contributed by atoms with van der Waals surface area (Å²) < 4.78 is 41.7. The molecule has 0 atom stereocenters. The van der Waals surface area contributed by atoms with Crippen LogP contribution in [0.3, 0.4) is 0 Å². The van der Waals surface area contributed by atoms with E-state index in [0.717, 1.165) is 20.8 Å². The molecule has 3 rings (SSSR count). The highest BCUT2D eigenvalue weighted by Gasteiger charge is 2.34. The van der Waals surface area contributed by atoms with Gasteiger partial charge in [0, 0.05) is 14.5 Å². The van der Waals surface area contributed by atoms with Gasteiger partial charge in [-0.2, -0.15) is 13.2 Å². The highest BCUT2D eigenvalue weighted by Crippen LogP contribution is 2.37. The molecular formula is C20H12BrCl2F3. The van der Waals surface area contributed by atoms with Crippen molar-refractivity contribution in [1.29, 1.82) is 0 Å². The first-order chi connectivity index (χ1) is 12.3. The molecule has 0 N–H and O–H groups in total. The summed E-state index contributed by atoms with van der Waals surface area (Å²) in [6.45, 7) is 0. The van der Waals surface area contributed by atoms with Crippen molar-refractivity contribution < 1.29 is 13.2 Å². The molecule has 0 bridgehead atoms. The van der Waals surface area contributed by atoms with Gasteiger partial charge in [0.15, 0.2) is 0 Å². The first-order valence-electron chi connectivity index (χ1n) is 7.65. The molecule has 6 heteroatoms. The Morgan fingerprint density at radius 2 is 1.54 bits per heavy atom. The van der Waals surface area contributed by atoms with Crippen LogP contribution < -0.4 is 0 Å². The van der Waals surface area contributed by atoms with E-state index in [2.05, 4.69) is 15.9 Å². The van der Waals surface area contributed by atoms with Crippen LogP contribution in [0.2, 0.25) is 10.0 Å². The smallest absolute Gasteiger partial charge is 0.166 e. The fraction of sp³-hybridized carbons (Fsp3) is 0.100. The van der Waals surface area contributed by atoms with Gasteiger partial charge in [0.25, 0.3) is 0 Å². The lowest BCUT2D eigenvalue weighted by atomic mass is 9.98. The van der Waals surface area contributed by atoms with E-state index in [9.17, 15) is 13.2 Å². The summed E-state index contributed by atoms with van der Waals surface area (Å²) in [7, 11) is 0. The lowest BCUT2D eigenvalue weighted by Gasteiger charge is -2.14. The van der Waals surface area contributed by atoms with Gasteiger partial charge in [0.1, 0.15) is 0 Å². The van der Waals surface area contributed by atoms with Crippen molar-refractivity contribution in [3.8, 4) is 0 Å².